The lowest BCUT2D eigenvalue weighted by Gasteiger charge is -2.58. The van der Waals surface area contributed by atoms with E-state index in [-0.39, 0.29) is 23.2 Å². The number of esters is 1. The van der Waals surface area contributed by atoms with Gasteiger partial charge in [-0.05, 0) is 122 Å². The fraction of sp³-hybridized carbons (Fsp3) is 0.703. The average molecular weight is 563 g/mol. The zero-order valence-corrected chi connectivity index (χ0v) is 26.6. The number of carbonyl (C=O) groups is 1. The van der Waals surface area contributed by atoms with Crippen LogP contribution in [-0.4, -0.2) is 24.3 Å². The summed E-state index contributed by atoms with van der Waals surface area (Å²) in [4.78, 5) is 13.0. The van der Waals surface area contributed by atoms with Gasteiger partial charge in [0.2, 0.25) is 0 Å². The molecule has 4 aliphatic rings. The Morgan fingerprint density at radius 2 is 1.85 bits per heavy atom. The van der Waals surface area contributed by atoms with Crippen LogP contribution in [0.15, 0.2) is 42.0 Å². The highest BCUT2D eigenvalue weighted by atomic mass is 16.5. The number of fused-ring (bicyclic) bond motifs is 5. The van der Waals surface area contributed by atoms with Crippen molar-refractivity contribution in [3.05, 3.63) is 47.6 Å². The van der Waals surface area contributed by atoms with Crippen molar-refractivity contribution in [3.63, 3.8) is 0 Å². The summed E-state index contributed by atoms with van der Waals surface area (Å²) < 4.78 is 11.2. The molecule has 4 nitrogen and oxygen atoms in total. The minimum atomic E-state index is -0.335. The van der Waals surface area contributed by atoms with Crippen LogP contribution >= 0.6 is 0 Å². The summed E-state index contributed by atoms with van der Waals surface area (Å²) >= 11 is 0. The quantitative estimate of drug-likeness (QED) is 0.253. The zero-order chi connectivity index (χ0) is 29.5. The summed E-state index contributed by atoms with van der Waals surface area (Å²) in [6.45, 7) is 14.7. The van der Waals surface area contributed by atoms with E-state index in [1.807, 2.05) is 0 Å². The monoisotopic (exact) mass is 562 g/mol. The van der Waals surface area contributed by atoms with Gasteiger partial charge in [0.15, 0.2) is 11.5 Å². The van der Waals surface area contributed by atoms with Gasteiger partial charge in [0.1, 0.15) is 6.10 Å². The van der Waals surface area contributed by atoms with E-state index in [1.165, 1.54) is 57.3 Å². The van der Waals surface area contributed by atoms with E-state index in [0.29, 0.717) is 34.5 Å². The lowest BCUT2D eigenvalue weighted by atomic mass is 9.47. The standard InChI is InChI=1S/C37H54O4/c1-8-25(23(2)3)10-9-24(4)30-14-15-31-29-13-12-27-22-28(17-19-36(27,5)32(29)18-20-37(30,31)6)41-35(39)26-11-16-33(38)34(21-26)40-7/h9-12,16,21,23-25,28-32,38H,8,13-15,17-20,22H2,1-7H3/t24-,25-,28+,29+,30-,31+,32+,36+,37-/m1/s1. The maximum absolute atomic E-state index is 13.0. The number of phenols is 1. The second-order valence-corrected chi connectivity index (χ2v) is 14.7. The third-order valence-corrected chi connectivity index (χ3v) is 12.4. The highest BCUT2D eigenvalue weighted by Gasteiger charge is 2.59. The summed E-state index contributed by atoms with van der Waals surface area (Å²) in [6.07, 6.45) is 18.3. The Balaban J connectivity index is 1.26. The van der Waals surface area contributed by atoms with Crippen molar-refractivity contribution in [2.75, 3.05) is 7.11 Å². The van der Waals surface area contributed by atoms with Crippen LogP contribution < -0.4 is 4.74 Å². The number of carbonyl (C=O) groups excluding carboxylic acids is 1. The number of rotatable bonds is 8. The van der Waals surface area contributed by atoms with Crippen molar-refractivity contribution in [3.8, 4) is 11.5 Å². The minimum Gasteiger partial charge on any atom is -0.504 e. The molecule has 4 aliphatic carbocycles. The normalized spacial score (nSPS) is 36.2. The molecule has 0 aliphatic heterocycles. The van der Waals surface area contributed by atoms with Crippen LogP contribution in [0.1, 0.15) is 110 Å². The van der Waals surface area contributed by atoms with Gasteiger partial charge in [0.25, 0.3) is 0 Å². The third-order valence-electron chi connectivity index (χ3n) is 12.4. The zero-order valence-electron chi connectivity index (χ0n) is 26.6. The molecule has 41 heavy (non-hydrogen) atoms. The Morgan fingerprint density at radius 3 is 2.56 bits per heavy atom. The molecule has 1 N–H and O–H groups in total. The second kappa shape index (κ2) is 11.8. The van der Waals surface area contributed by atoms with Gasteiger partial charge < -0.3 is 14.6 Å². The minimum absolute atomic E-state index is 0.0266. The van der Waals surface area contributed by atoms with Crippen LogP contribution in [0.4, 0.5) is 0 Å². The summed E-state index contributed by atoms with van der Waals surface area (Å²) in [5, 5.41) is 9.89. The second-order valence-electron chi connectivity index (χ2n) is 14.7. The first-order valence-electron chi connectivity index (χ1n) is 16.5. The fourth-order valence-corrected chi connectivity index (χ4v) is 9.94. The Bertz CT molecular complexity index is 1170. The Morgan fingerprint density at radius 1 is 1.07 bits per heavy atom. The van der Waals surface area contributed by atoms with Crippen LogP contribution in [0.3, 0.4) is 0 Å². The molecule has 0 heterocycles. The van der Waals surface area contributed by atoms with Crippen molar-refractivity contribution >= 4 is 5.97 Å². The Labute approximate surface area is 249 Å². The first-order chi connectivity index (χ1) is 19.5. The number of hydrogen-bond donors (Lipinski definition) is 1. The molecule has 0 bridgehead atoms. The highest BCUT2D eigenvalue weighted by Crippen LogP contribution is 2.67. The molecule has 0 amide bonds. The van der Waals surface area contributed by atoms with Crippen molar-refractivity contribution in [1.29, 1.82) is 0 Å². The largest absolute Gasteiger partial charge is 0.504 e. The van der Waals surface area contributed by atoms with Crippen LogP contribution in [0.2, 0.25) is 0 Å². The Kier molecular flexibility index (Phi) is 8.71. The van der Waals surface area contributed by atoms with Crippen molar-refractivity contribution in [2.24, 2.45) is 52.3 Å². The molecule has 0 aromatic heterocycles. The molecule has 0 spiro atoms. The van der Waals surface area contributed by atoms with E-state index in [9.17, 15) is 9.90 Å². The molecule has 226 valence electrons. The maximum atomic E-state index is 13.0. The van der Waals surface area contributed by atoms with Crippen LogP contribution in [0.25, 0.3) is 0 Å². The van der Waals surface area contributed by atoms with Crippen molar-refractivity contribution in [2.45, 2.75) is 105 Å². The lowest BCUT2D eigenvalue weighted by molar-refractivity contribution is -0.0565. The SMILES string of the molecule is CC[C@H](C=C[C@@H](C)[C@H]1CC[C@H]2[C@@H]3CC=C4C[C@@H](OC(=O)c5ccc(O)c(OC)c5)CC[C@]4(C)[C@H]3CC[C@]12C)C(C)C. The third kappa shape index (κ3) is 5.50. The molecule has 3 fully saturated rings. The van der Waals surface area contributed by atoms with E-state index in [2.05, 4.69) is 59.8 Å². The molecular weight excluding hydrogens is 508 g/mol. The topological polar surface area (TPSA) is 55.8 Å². The summed E-state index contributed by atoms with van der Waals surface area (Å²) in [6, 6.07) is 4.66. The number of ether oxygens (including phenoxy) is 2. The molecule has 3 saturated carbocycles. The van der Waals surface area contributed by atoms with Gasteiger partial charge in [-0.1, -0.05) is 65.3 Å². The number of methoxy groups -OCH3 is 1. The molecule has 5 rings (SSSR count). The van der Waals surface area contributed by atoms with Gasteiger partial charge in [0, 0.05) is 6.42 Å². The molecule has 1 aromatic carbocycles. The molecule has 0 unspecified atom stereocenters. The predicted molar refractivity (Wildman–Crippen MR) is 166 cm³/mol. The van der Waals surface area contributed by atoms with E-state index in [1.54, 1.807) is 12.1 Å². The summed E-state index contributed by atoms with van der Waals surface area (Å²) in [5.74, 6) is 5.18. The summed E-state index contributed by atoms with van der Waals surface area (Å²) in [7, 11) is 1.49. The first kappa shape index (κ1) is 30.2. The number of phenolic OH excluding ortho intramolecular Hbond substituents is 1. The number of aromatic hydroxyl groups is 1. The van der Waals surface area contributed by atoms with Gasteiger partial charge in [-0.2, -0.15) is 0 Å². The van der Waals surface area contributed by atoms with Crippen LogP contribution in [0, 0.1) is 52.3 Å². The van der Waals surface area contributed by atoms with E-state index in [4.69, 9.17) is 9.47 Å². The fourth-order valence-electron chi connectivity index (χ4n) is 9.94. The Hall–Kier alpha value is -2.23. The number of benzene rings is 1. The number of hydrogen-bond acceptors (Lipinski definition) is 4. The predicted octanol–water partition coefficient (Wildman–Crippen LogP) is 9.38. The molecule has 9 atom stereocenters. The first-order valence-corrected chi connectivity index (χ1v) is 16.5. The maximum Gasteiger partial charge on any atom is 0.338 e. The molecule has 1 aromatic rings. The van der Waals surface area contributed by atoms with E-state index >= 15 is 0 Å². The van der Waals surface area contributed by atoms with E-state index < -0.39 is 0 Å². The van der Waals surface area contributed by atoms with E-state index in [0.717, 1.165) is 42.9 Å². The van der Waals surface area contributed by atoms with Gasteiger partial charge in [-0.3, -0.25) is 0 Å². The van der Waals surface area contributed by atoms with Gasteiger partial charge in [0.05, 0.1) is 12.7 Å². The van der Waals surface area contributed by atoms with Gasteiger partial charge in [-0.25, -0.2) is 4.79 Å². The van der Waals surface area contributed by atoms with Crippen LogP contribution in [-0.2, 0) is 4.74 Å². The van der Waals surface area contributed by atoms with Crippen molar-refractivity contribution in [1.82, 2.24) is 0 Å². The highest BCUT2D eigenvalue weighted by molar-refractivity contribution is 5.90. The average Bonchev–Trinajstić information content (AvgIpc) is 3.30. The summed E-state index contributed by atoms with van der Waals surface area (Å²) in [5.41, 5.74) is 2.63. The molecule has 0 radical (unpaired) electrons. The lowest BCUT2D eigenvalue weighted by Crippen LogP contribution is -2.51. The molecular formula is C37H54O4. The van der Waals surface area contributed by atoms with Crippen molar-refractivity contribution < 1.29 is 19.4 Å². The smallest absolute Gasteiger partial charge is 0.338 e. The number of allylic oxidation sites excluding steroid dienone is 3. The van der Waals surface area contributed by atoms with Crippen LogP contribution in [0.5, 0.6) is 11.5 Å². The van der Waals surface area contributed by atoms with Gasteiger partial charge >= 0.3 is 5.97 Å². The molecule has 0 saturated heterocycles. The van der Waals surface area contributed by atoms with Gasteiger partial charge in [-0.15, -0.1) is 0 Å². The molecule has 4 heteroatoms.